The lowest BCUT2D eigenvalue weighted by molar-refractivity contribution is -0.126. The van der Waals surface area contributed by atoms with Crippen LogP contribution in [0.25, 0.3) is 0 Å². The smallest absolute Gasteiger partial charge is 0.223 e. The maximum absolute atomic E-state index is 12.2. The minimum absolute atomic E-state index is 0.161. The molecule has 0 heterocycles. The van der Waals surface area contributed by atoms with Crippen molar-refractivity contribution in [1.82, 2.24) is 5.32 Å². The molecular weight excluding hydrogens is 248 g/mol. The van der Waals surface area contributed by atoms with Crippen molar-refractivity contribution in [2.75, 3.05) is 0 Å². The topological polar surface area (TPSA) is 55.1 Å². The van der Waals surface area contributed by atoms with Gasteiger partial charge in [-0.25, -0.2) is 0 Å². The minimum Gasteiger partial charge on any atom is -0.353 e. The third-order valence-corrected chi connectivity index (χ3v) is 4.32. The molecule has 0 radical (unpaired) electrons. The summed E-state index contributed by atoms with van der Waals surface area (Å²) in [6.45, 7) is 4.20. The summed E-state index contributed by atoms with van der Waals surface area (Å²) in [4.78, 5) is 12.2. The molecule has 0 spiro atoms. The van der Waals surface area contributed by atoms with Gasteiger partial charge in [-0.1, -0.05) is 24.3 Å². The van der Waals surface area contributed by atoms with Gasteiger partial charge in [-0.15, -0.1) is 0 Å². The zero-order valence-corrected chi connectivity index (χ0v) is 12.6. The highest BCUT2D eigenvalue weighted by molar-refractivity contribution is 5.79. The van der Waals surface area contributed by atoms with Gasteiger partial charge in [0.15, 0.2) is 0 Å². The maximum atomic E-state index is 12.2. The number of nitrogens with one attached hydrogen (secondary N) is 1. The van der Waals surface area contributed by atoms with E-state index in [4.69, 9.17) is 5.73 Å². The molecule has 0 bridgehead atoms. The average molecular weight is 274 g/mol. The number of benzene rings is 1. The molecule has 2 rings (SSSR count). The molecule has 1 aromatic carbocycles. The van der Waals surface area contributed by atoms with Crippen molar-refractivity contribution in [3.63, 3.8) is 0 Å². The van der Waals surface area contributed by atoms with E-state index in [1.54, 1.807) is 0 Å². The normalized spacial score (nSPS) is 24.1. The molecule has 20 heavy (non-hydrogen) atoms. The second-order valence-electron chi connectivity index (χ2n) is 6.15. The monoisotopic (exact) mass is 274 g/mol. The van der Waals surface area contributed by atoms with Crippen LogP contribution in [0, 0.1) is 12.8 Å². The lowest BCUT2D eigenvalue weighted by Crippen LogP contribution is -2.41. The summed E-state index contributed by atoms with van der Waals surface area (Å²) >= 11 is 0. The Bertz CT molecular complexity index is 450. The summed E-state index contributed by atoms with van der Waals surface area (Å²) in [5.74, 6) is 0.368. The molecule has 1 atom stereocenters. The van der Waals surface area contributed by atoms with Gasteiger partial charge in [0.25, 0.3) is 0 Å². The van der Waals surface area contributed by atoms with Crippen LogP contribution in [0.3, 0.4) is 0 Å². The largest absolute Gasteiger partial charge is 0.353 e. The van der Waals surface area contributed by atoms with E-state index in [9.17, 15) is 4.79 Å². The van der Waals surface area contributed by atoms with Gasteiger partial charge in [-0.05, 0) is 57.1 Å². The number of hydrogen-bond acceptors (Lipinski definition) is 2. The number of hydrogen-bond donors (Lipinski definition) is 2. The van der Waals surface area contributed by atoms with E-state index < -0.39 is 0 Å². The van der Waals surface area contributed by atoms with Crippen molar-refractivity contribution in [2.45, 2.75) is 58.0 Å². The molecule has 0 saturated heterocycles. The molecular formula is C17H26N2O. The molecule has 110 valence electrons. The maximum Gasteiger partial charge on any atom is 0.223 e. The first-order valence-electron chi connectivity index (χ1n) is 7.66. The molecule has 0 aromatic heterocycles. The molecule has 3 heteroatoms. The van der Waals surface area contributed by atoms with E-state index in [1.807, 2.05) is 6.07 Å². The molecule has 1 aliphatic carbocycles. The second-order valence-corrected chi connectivity index (χ2v) is 6.15. The molecule has 3 N–H and O–H groups in total. The highest BCUT2D eigenvalue weighted by Gasteiger charge is 2.25. The first kappa shape index (κ1) is 15.0. The lowest BCUT2D eigenvalue weighted by Gasteiger charge is -2.26. The number of aryl methyl sites for hydroxylation is 1. The first-order valence-corrected chi connectivity index (χ1v) is 7.66. The van der Waals surface area contributed by atoms with Crippen LogP contribution in [0.2, 0.25) is 0 Å². The molecule has 1 unspecified atom stereocenters. The number of rotatable bonds is 4. The van der Waals surface area contributed by atoms with E-state index in [0.29, 0.717) is 6.04 Å². The van der Waals surface area contributed by atoms with Gasteiger partial charge in [0.2, 0.25) is 5.91 Å². The molecule has 1 amide bonds. The fraction of sp³-hybridized carbons (Fsp3) is 0.588. The highest BCUT2D eigenvalue weighted by Crippen LogP contribution is 2.23. The van der Waals surface area contributed by atoms with Crippen LogP contribution >= 0.6 is 0 Å². The second kappa shape index (κ2) is 6.89. The lowest BCUT2D eigenvalue weighted by atomic mass is 9.85. The van der Waals surface area contributed by atoms with E-state index in [-0.39, 0.29) is 17.9 Å². The fourth-order valence-corrected chi connectivity index (χ4v) is 2.96. The molecule has 1 fully saturated rings. The minimum atomic E-state index is 0.161. The Morgan fingerprint density at radius 3 is 2.60 bits per heavy atom. The van der Waals surface area contributed by atoms with E-state index in [1.165, 1.54) is 11.1 Å². The van der Waals surface area contributed by atoms with Gasteiger partial charge >= 0.3 is 0 Å². The van der Waals surface area contributed by atoms with Crippen LogP contribution in [0.15, 0.2) is 24.3 Å². The van der Waals surface area contributed by atoms with Crippen LogP contribution in [0.4, 0.5) is 0 Å². The predicted molar refractivity (Wildman–Crippen MR) is 82.4 cm³/mol. The summed E-state index contributed by atoms with van der Waals surface area (Å²) < 4.78 is 0. The standard InChI is InChI=1S/C17H26N2O/c1-12-5-3-4-6-15(12)11-13(2)19-17(20)14-7-9-16(18)10-8-14/h3-6,13-14,16H,7-11,18H2,1-2H3,(H,19,20). The Hall–Kier alpha value is -1.35. The van der Waals surface area contributed by atoms with Crippen LogP contribution in [0.5, 0.6) is 0 Å². The molecule has 3 nitrogen and oxygen atoms in total. The zero-order valence-electron chi connectivity index (χ0n) is 12.6. The molecule has 1 aromatic rings. The van der Waals surface area contributed by atoms with Crippen LogP contribution in [0.1, 0.15) is 43.7 Å². The zero-order chi connectivity index (χ0) is 14.5. The number of amides is 1. The van der Waals surface area contributed by atoms with E-state index >= 15 is 0 Å². The van der Waals surface area contributed by atoms with Gasteiger partial charge in [0, 0.05) is 18.0 Å². The highest BCUT2D eigenvalue weighted by atomic mass is 16.1. The summed E-state index contributed by atoms with van der Waals surface area (Å²) in [5, 5.41) is 3.16. The summed E-state index contributed by atoms with van der Waals surface area (Å²) in [6.07, 6.45) is 4.72. The molecule has 0 aliphatic heterocycles. The van der Waals surface area contributed by atoms with Crippen LogP contribution in [-0.2, 0) is 11.2 Å². The fourth-order valence-electron chi connectivity index (χ4n) is 2.96. The van der Waals surface area contributed by atoms with Crippen LogP contribution in [-0.4, -0.2) is 18.0 Å². The number of nitrogens with two attached hydrogens (primary N) is 1. The predicted octanol–water partition coefficient (Wildman–Crippen LogP) is 2.56. The number of carbonyl (C=O) groups is 1. The Labute approximate surface area is 121 Å². The third-order valence-electron chi connectivity index (χ3n) is 4.32. The van der Waals surface area contributed by atoms with Crippen molar-refractivity contribution < 1.29 is 4.79 Å². The Morgan fingerprint density at radius 1 is 1.30 bits per heavy atom. The van der Waals surface area contributed by atoms with Crippen molar-refractivity contribution in [2.24, 2.45) is 11.7 Å². The summed E-state index contributed by atoms with van der Waals surface area (Å²) in [6, 6.07) is 8.83. The summed E-state index contributed by atoms with van der Waals surface area (Å²) in [5.41, 5.74) is 8.49. The van der Waals surface area contributed by atoms with Gasteiger partial charge in [0.1, 0.15) is 0 Å². The Morgan fingerprint density at radius 2 is 1.95 bits per heavy atom. The van der Waals surface area contributed by atoms with Crippen molar-refractivity contribution in [1.29, 1.82) is 0 Å². The van der Waals surface area contributed by atoms with Gasteiger partial charge in [-0.3, -0.25) is 4.79 Å². The Balaban J connectivity index is 1.83. The quantitative estimate of drug-likeness (QED) is 0.886. The van der Waals surface area contributed by atoms with E-state index in [2.05, 4.69) is 37.4 Å². The number of carbonyl (C=O) groups excluding carboxylic acids is 1. The van der Waals surface area contributed by atoms with Gasteiger partial charge in [-0.2, -0.15) is 0 Å². The summed E-state index contributed by atoms with van der Waals surface area (Å²) in [7, 11) is 0. The Kier molecular flexibility index (Phi) is 5.18. The van der Waals surface area contributed by atoms with Crippen molar-refractivity contribution in [3.05, 3.63) is 35.4 Å². The first-order chi connectivity index (χ1) is 9.56. The van der Waals surface area contributed by atoms with Crippen molar-refractivity contribution >= 4 is 5.91 Å². The van der Waals surface area contributed by atoms with Crippen molar-refractivity contribution in [3.8, 4) is 0 Å². The SMILES string of the molecule is Cc1ccccc1CC(C)NC(=O)C1CCC(N)CC1. The van der Waals surface area contributed by atoms with Gasteiger partial charge < -0.3 is 11.1 Å². The average Bonchev–Trinajstić information content (AvgIpc) is 2.42. The van der Waals surface area contributed by atoms with Gasteiger partial charge in [0.05, 0.1) is 0 Å². The molecule has 1 aliphatic rings. The molecule has 1 saturated carbocycles. The van der Waals surface area contributed by atoms with Crippen LogP contribution < -0.4 is 11.1 Å². The third kappa shape index (κ3) is 4.07. The van der Waals surface area contributed by atoms with E-state index in [0.717, 1.165) is 32.1 Å².